The van der Waals surface area contributed by atoms with Crippen LogP contribution in [0.2, 0.25) is 0 Å². The summed E-state index contributed by atoms with van der Waals surface area (Å²) in [7, 11) is 0. The van der Waals surface area contributed by atoms with E-state index in [1.807, 2.05) is 111 Å². The Morgan fingerprint density at radius 2 is 1.43 bits per heavy atom. The molecule has 0 bridgehead atoms. The van der Waals surface area contributed by atoms with Gasteiger partial charge in [-0.1, -0.05) is 151 Å². The minimum atomic E-state index is -2.21. The number of aryl methyl sites for hydroxylation is 1. The Bertz CT molecular complexity index is 3010. The Balaban J connectivity index is 0.000000187. The van der Waals surface area contributed by atoms with Crippen molar-refractivity contribution in [2.24, 2.45) is 0 Å². The SMILES string of the molecule is CC(C)(C)c1ccc(-c2ccc(-c3[c-]ccc4c3oc3ccccc34)nc2)cc1.[2H]C([2H])([2H])c1c[c-]c(-c2nc3ccccc3n2-c2c(C([2H])(C)C)cccc2C([2H])(C)C)cc1.[Ir]. The Labute approximate surface area is 363 Å². The molecular weight excluding hydrogens is 887 g/mol. The Morgan fingerprint density at radius 3 is 2.09 bits per heavy atom. The molecule has 0 atom stereocenters. The molecule has 3 aromatic heterocycles. The minimum Gasteiger partial charge on any atom is -0.501 e. The Hall–Kier alpha value is -5.61. The van der Waals surface area contributed by atoms with Crippen molar-refractivity contribution in [1.29, 1.82) is 0 Å². The van der Waals surface area contributed by atoms with E-state index in [2.05, 4.69) is 75.4 Å². The van der Waals surface area contributed by atoms with Crippen LogP contribution >= 0.6 is 0 Å². The fraction of sp³-hybridized carbons (Fsp3) is 0.208. The second-order valence-electron chi connectivity index (χ2n) is 15.9. The molecule has 3 heterocycles. The van der Waals surface area contributed by atoms with Crippen molar-refractivity contribution in [3.05, 3.63) is 174 Å². The predicted molar refractivity (Wildman–Crippen MR) is 238 cm³/mol. The summed E-state index contributed by atoms with van der Waals surface area (Å²) in [4.78, 5) is 9.59. The molecular formula is C53H49IrN3O-2. The summed E-state index contributed by atoms with van der Waals surface area (Å²) in [6.07, 6.45) is 1.93. The molecule has 0 aliphatic carbocycles. The van der Waals surface area contributed by atoms with E-state index < -0.39 is 18.6 Å². The molecule has 5 heteroatoms. The zero-order valence-corrected chi connectivity index (χ0v) is 36.3. The fourth-order valence-corrected chi connectivity index (χ4v) is 7.34. The van der Waals surface area contributed by atoms with Crippen molar-refractivity contribution in [3.8, 4) is 39.5 Å². The Morgan fingerprint density at radius 1 is 0.724 bits per heavy atom. The van der Waals surface area contributed by atoms with Crippen LogP contribution in [0.4, 0.5) is 0 Å². The van der Waals surface area contributed by atoms with E-state index in [0.29, 0.717) is 11.4 Å². The molecule has 0 aliphatic rings. The molecule has 0 aliphatic heterocycles. The molecule has 9 rings (SSSR count). The zero-order chi connectivity index (χ0) is 44.2. The van der Waals surface area contributed by atoms with Crippen LogP contribution < -0.4 is 0 Å². The molecule has 293 valence electrons. The topological polar surface area (TPSA) is 43.9 Å². The van der Waals surface area contributed by atoms with Gasteiger partial charge in [-0.2, -0.15) is 0 Å². The van der Waals surface area contributed by atoms with Gasteiger partial charge in [0.2, 0.25) is 0 Å². The molecule has 58 heavy (non-hydrogen) atoms. The van der Waals surface area contributed by atoms with E-state index in [0.717, 1.165) is 66.6 Å². The number of nitrogens with zero attached hydrogens (tertiary/aromatic N) is 3. The van der Waals surface area contributed by atoms with Crippen LogP contribution in [0.15, 0.2) is 144 Å². The summed E-state index contributed by atoms with van der Waals surface area (Å²) < 4.78 is 48.8. The van der Waals surface area contributed by atoms with Gasteiger partial charge in [-0.3, -0.25) is 4.98 Å². The standard InChI is InChI=1S/C27H22NO.C26H27N2.Ir/c1-27(2,3)20-14-11-18(12-15-20)19-13-16-24(28-17-19)23-9-6-8-22-21-7-4-5-10-25(21)29-26(22)23;1-17(2)21-9-8-10-22(18(3)4)25(21)28-24-12-7-6-11-23(24)27-26(28)20-15-13-19(5)14-16-20;/h4-8,10-17H,1-3H3;6-15,17-18H,1-5H3;/q2*-1;/i;5D3,17D,18D;. The number of benzene rings is 6. The van der Waals surface area contributed by atoms with Crippen LogP contribution in [-0.2, 0) is 25.5 Å². The molecule has 0 spiro atoms. The van der Waals surface area contributed by atoms with Gasteiger partial charge in [0.1, 0.15) is 5.58 Å². The van der Waals surface area contributed by atoms with Gasteiger partial charge in [-0.25, -0.2) is 0 Å². The molecule has 9 aromatic rings. The molecule has 4 nitrogen and oxygen atoms in total. The first-order valence-corrected chi connectivity index (χ1v) is 19.3. The van der Waals surface area contributed by atoms with Crippen LogP contribution in [-0.4, -0.2) is 14.5 Å². The molecule has 0 N–H and O–H groups in total. The van der Waals surface area contributed by atoms with E-state index in [9.17, 15) is 0 Å². The second kappa shape index (κ2) is 16.7. The second-order valence-corrected chi connectivity index (χ2v) is 15.9. The van der Waals surface area contributed by atoms with E-state index in [1.54, 1.807) is 12.1 Å². The molecule has 0 unspecified atom stereocenters. The van der Waals surface area contributed by atoms with Crippen LogP contribution in [0.25, 0.3) is 72.4 Å². The van der Waals surface area contributed by atoms with Gasteiger partial charge in [0.25, 0.3) is 0 Å². The van der Waals surface area contributed by atoms with E-state index in [-0.39, 0.29) is 31.1 Å². The number of pyridine rings is 1. The molecule has 6 aromatic carbocycles. The summed E-state index contributed by atoms with van der Waals surface area (Å²) in [5, 5.41) is 2.21. The normalized spacial score (nSPS) is 13.5. The summed E-state index contributed by atoms with van der Waals surface area (Å²) in [6.45, 7) is 11.8. The van der Waals surface area contributed by atoms with Crippen molar-refractivity contribution in [3.63, 3.8) is 0 Å². The van der Waals surface area contributed by atoms with E-state index >= 15 is 0 Å². The van der Waals surface area contributed by atoms with Crippen molar-refractivity contribution in [2.75, 3.05) is 0 Å². The maximum absolute atomic E-state index is 8.83. The van der Waals surface area contributed by atoms with E-state index in [1.165, 1.54) is 17.2 Å². The average molecular weight is 941 g/mol. The number of para-hydroxylation sites is 4. The molecule has 0 amide bonds. The molecule has 1 radical (unpaired) electrons. The first kappa shape index (κ1) is 34.4. The quantitative estimate of drug-likeness (QED) is 0.156. The maximum atomic E-state index is 8.83. The summed E-state index contributed by atoms with van der Waals surface area (Å²) in [5.41, 5.74) is 12.0. The van der Waals surface area contributed by atoms with Crippen molar-refractivity contribution >= 4 is 33.0 Å². The number of aromatic nitrogens is 3. The monoisotopic (exact) mass is 941 g/mol. The third-order valence-electron chi connectivity index (χ3n) is 10.4. The fourth-order valence-electron chi connectivity index (χ4n) is 7.34. The first-order chi connectivity index (χ1) is 29.3. The summed E-state index contributed by atoms with van der Waals surface area (Å²) in [5.74, 6) is -1.25. The zero-order valence-electron chi connectivity index (χ0n) is 38.9. The number of imidazole rings is 1. The molecule has 0 saturated heterocycles. The number of hydrogen-bond donors (Lipinski definition) is 0. The van der Waals surface area contributed by atoms with Gasteiger partial charge in [0.15, 0.2) is 0 Å². The van der Waals surface area contributed by atoms with Gasteiger partial charge in [-0.15, -0.1) is 53.6 Å². The van der Waals surface area contributed by atoms with E-state index in [4.69, 9.17) is 21.2 Å². The van der Waals surface area contributed by atoms with Crippen LogP contribution in [0.1, 0.15) is 89.4 Å². The summed E-state index contributed by atoms with van der Waals surface area (Å²) in [6, 6.07) is 49.7. The van der Waals surface area contributed by atoms with Gasteiger partial charge < -0.3 is 14.0 Å². The maximum Gasteiger partial charge on any atom is 0.120 e. The smallest absolute Gasteiger partial charge is 0.120 e. The minimum absolute atomic E-state index is 0. The number of furan rings is 1. The average Bonchev–Trinajstić information content (AvgIpc) is 3.82. The van der Waals surface area contributed by atoms with Gasteiger partial charge in [0.05, 0.1) is 22.4 Å². The van der Waals surface area contributed by atoms with Crippen LogP contribution in [0.3, 0.4) is 0 Å². The van der Waals surface area contributed by atoms with Gasteiger partial charge in [-0.05, 0) is 68.9 Å². The van der Waals surface area contributed by atoms with Gasteiger partial charge >= 0.3 is 0 Å². The molecule has 0 fully saturated rings. The summed E-state index contributed by atoms with van der Waals surface area (Å²) >= 11 is 0. The van der Waals surface area contributed by atoms with Crippen LogP contribution in [0.5, 0.6) is 0 Å². The predicted octanol–water partition coefficient (Wildman–Crippen LogP) is 14.5. The van der Waals surface area contributed by atoms with Crippen LogP contribution in [0, 0.1) is 19.0 Å². The number of rotatable bonds is 6. The Kier molecular flexibility index (Phi) is 9.91. The first-order valence-electron chi connectivity index (χ1n) is 21.8. The van der Waals surface area contributed by atoms with Crippen molar-refractivity contribution in [2.45, 2.75) is 72.5 Å². The largest absolute Gasteiger partial charge is 0.501 e. The number of fused-ring (bicyclic) bond motifs is 4. The van der Waals surface area contributed by atoms with Gasteiger partial charge in [0, 0.05) is 44.2 Å². The third-order valence-corrected chi connectivity index (χ3v) is 10.4. The molecule has 0 saturated carbocycles. The number of hydrogen-bond acceptors (Lipinski definition) is 3. The van der Waals surface area contributed by atoms with Crippen molar-refractivity contribution < 1.29 is 31.4 Å². The van der Waals surface area contributed by atoms with Crippen molar-refractivity contribution in [1.82, 2.24) is 14.5 Å². The third kappa shape index (κ3) is 7.94.